The number of aryl methyl sites for hydroxylation is 1. The molecule has 15 heavy (non-hydrogen) atoms. The van der Waals surface area contributed by atoms with E-state index in [1.54, 1.807) is 35.6 Å². The first kappa shape index (κ1) is 9.39. The van der Waals surface area contributed by atoms with Crippen LogP contribution < -0.4 is 0 Å². The fourth-order valence-corrected chi connectivity index (χ4v) is 1.35. The molecule has 5 heteroatoms. The van der Waals surface area contributed by atoms with Gasteiger partial charge in [-0.25, -0.2) is 4.98 Å². The highest BCUT2D eigenvalue weighted by atomic mass is 16.4. The summed E-state index contributed by atoms with van der Waals surface area (Å²) in [6.45, 7) is 0. The number of hydrogen-bond donors (Lipinski definition) is 1. The Labute approximate surface area is 86.7 Å². The zero-order chi connectivity index (χ0) is 10.7. The minimum atomic E-state index is 0.461. The van der Waals surface area contributed by atoms with Gasteiger partial charge in [0, 0.05) is 25.0 Å². The molecule has 1 N–H and O–H groups in total. The molecule has 0 aromatic carbocycles. The van der Waals surface area contributed by atoms with Crippen molar-refractivity contribution < 1.29 is 5.21 Å². The van der Waals surface area contributed by atoms with Gasteiger partial charge in [0.2, 0.25) is 0 Å². The molecule has 0 unspecified atom stereocenters. The minimum absolute atomic E-state index is 0.461. The van der Waals surface area contributed by atoms with Crippen LogP contribution in [0.4, 0.5) is 0 Å². The molecule has 0 radical (unpaired) electrons. The summed E-state index contributed by atoms with van der Waals surface area (Å²) in [5.41, 5.74) is 1.96. The highest BCUT2D eigenvalue weighted by Crippen LogP contribution is 2.08. The van der Waals surface area contributed by atoms with Gasteiger partial charge < -0.3 is 9.77 Å². The molecule has 2 aromatic heterocycles. The maximum absolute atomic E-state index is 8.99. The molecule has 0 spiro atoms. The second kappa shape index (κ2) is 3.91. The van der Waals surface area contributed by atoms with Crippen molar-refractivity contribution in [1.82, 2.24) is 14.5 Å². The first-order valence-corrected chi connectivity index (χ1v) is 4.42. The van der Waals surface area contributed by atoms with Gasteiger partial charge in [0.05, 0.1) is 18.2 Å². The van der Waals surface area contributed by atoms with Gasteiger partial charge in [0.1, 0.15) is 5.71 Å². The summed E-state index contributed by atoms with van der Waals surface area (Å²) in [7, 11) is 1.84. The standard InChI is InChI=1S/C10H10N4O/c1-14-7-12-6-9(14)10(13-15)8-3-2-4-11-5-8/h2-7,15H,1H3/b13-10-. The molecule has 0 saturated carbocycles. The molecule has 0 aliphatic carbocycles. The smallest absolute Gasteiger partial charge is 0.136 e. The van der Waals surface area contributed by atoms with Crippen molar-refractivity contribution in [2.24, 2.45) is 12.2 Å². The van der Waals surface area contributed by atoms with Gasteiger partial charge >= 0.3 is 0 Å². The zero-order valence-corrected chi connectivity index (χ0v) is 8.20. The van der Waals surface area contributed by atoms with Crippen molar-refractivity contribution in [3.63, 3.8) is 0 Å². The molecule has 2 aromatic rings. The third-order valence-corrected chi connectivity index (χ3v) is 2.09. The molecule has 2 heterocycles. The summed E-state index contributed by atoms with van der Waals surface area (Å²) in [4.78, 5) is 7.94. The van der Waals surface area contributed by atoms with Crippen LogP contribution in [-0.4, -0.2) is 25.5 Å². The van der Waals surface area contributed by atoms with E-state index in [0.29, 0.717) is 5.71 Å². The third kappa shape index (κ3) is 1.71. The second-order valence-corrected chi connectivity index (χ2v) is 3.08. The molecular weight excluding hydrogens is 192 g/mol. The average molecular weight is 202 g/mol. The number of rotatable bonds is 2. The summed E-state index contributed by atoms with van der Waals surface area (Å²) in [5, 5.41) is 12.3. The fourth-order valence-electron chi connectivity index (χ4n) is 1.35. The molecule has 0 saturated heterocycles. The van der Waals surface area contributed by atoms with Gasteiger partial charge in [-0.05, 0) is 12.1 Å². The van der Waals surface area contributed by atoms with Crippen molar-refractivity contribution >= 4 is 5.71 Å². The topological polar surface area (TPSA) is 63.3 Å². The van der Waals surface area contributed by atoms with Crippen molar-refractivity contribution in [3.8, 4) is 0 Å². The van der Waals surface area contributed by atoms with Crippen LogP contribution in [0, 0.1) is 0 Å². The summed E-state index contributed by atoms with van der Waals surface area (Å²) >= 11 is 0. The van der Waals surface area contributed by atoms with Crippen molar-refractivity contribution in [3.05, 3.63) is 48.3 Å². The predicted octanol–water partition coefficient (Wildman–Crippen LogP) is 1.04. The normalized spacial score (nSPS) is 11.7. The molecule has 0 aliphatic heterocycles. The van der Waals surface area contributed by atoms with Crippen molar-refractivity contribution in [2.45, 2.75) is 0 Å². The average Bonchev–Trinajstić information content (AvgIpc) is 2.68. The molecule has 0 bridgehead atoms. The Bertz CT molecular complexity index is 475. The largest absolute Gasteiger partial charge is 0.410 e. The minimum Gasteiger partial charge on any atom is -0.410 e. The first-order chi connectivity index (χ1) is 7.33. The maximum Gasteiger partial charge on any atom is 0.136 e. The second-order valence-electron chi connectivity index (χ2n) is 3.08. The Balaban J connectivity index is 2.48. The lowest BCUT2D eigenvalue weighted by molar-refractivity contribution is 0.319. The lowest BCUT2D eigenvalue weighted by Gasteiger charge is -2.03. The quantitative estimate of drug-likeness (QED) is 0.449. The van der Waals surface area contributed by atoms with E-state index in [1.807, 2.05) is 13.1 Å². The summed E-state index contributed by atoms with van der Waals surface area (Å²) in [5.74, 6) is 0. The van der Waals surface area contributed by atoms with E-state index in [9.17, 15) is 0 Å². The molecule has 0 amide bonds. The molecule has 2 rings (SSSR count). The van der Waals surface area contributed by atoms with E-state index in [-0.39, 0.29) is 0 Å². The SMILES string of the molecule is Cn1cncc1/C(=N\O)c1cccnc1. The van der Waals surface area contributed by atoms with Crippen LogP contribution in [0.2, 0.25) is 0 Å². The van der Waals surface area contributed by atoms with E-state index in [2.05, 4.69) is 15.1 Å². The van der Waals surface area contributed by atoms with Gasteiger partial charge in [0.25, 0.3) is 0 Å². The number of aromatic nitrogens is 3. The summed E-state index contributed by atoms with van der Waals surface area (Å²) < 4.78 is 1.78. The van der Waals surface area contributed by atoms with Crippen LogP contribution >= 0.6 is 0 Å². The summed E-state index contributed by atoms with van der Waals surface area (Å²) in [6.07, 6.45) is 6.60. The highest BCUT2D eigenvalue weighted by Gasteiger charge is 2.10. The van der Waals surface area contributed by atoms with Crippen molar-refractivity contribution in [1.29, 1.82) is 0 Å². The van der Waals surface area contributed by atoms with Gasteiger partial charge in [-0.15, -0.1) is 0 Å². The number of imidazole rings is 1. The van der Waals surface area contributed by atoms with E-state index in [1.165, 1.54) is 0 Å². The lowest BCUT2D eigenvalue weighted by Crippen LogP contribution is -2.08. The van der Waals surface area contributed by atoms with E-state index in [0.717, 1.165) is 11.3 Å². The predicted molar refractivity (Wildman–Crippen MR) is 54.9 cm³/mol. The zero-order valence-electron chi connectivity index (χ0n) is 8.20. The van der Waals surface area contributed by atoms with E-state index >= 15 is 0 Å². The molecule has 76 valence electrons. The van der Waals surface area contributed by atoms with Crippen LogP contribution in [0.3, 0.4) is 0 Å². The van der Waals surface area contributed by atoms with Crippen LogP contribution in [0.1, 0.15) is 11.3 Å². The summed E-state index contributed by atoms with van der Waals surface area (Å²) in [6, 6.07) is 3.62. The van der Waals surface area contributed by atoms with Crippen LogP contribution in [0.15, 0.2) is 42.2 Å². The molecule has 0 fully saturated rings. The fraction of sp³-hybridized carbons (Fsp3) is 0.100. The lowest BCUT2D eigenvalue weighted by atomic mass is 10.1. The molecular formula is C10H10N4O. The van der Waals surface area contributed by atoms with Crippen LogP contribution in [0.5, 0.6) is 0 Å². The van der Waals surface area contributed by atoms with E-state index in [4.69, 9.17) is 5.21 Å². The number of nitrogens with zero attached hydrogens (tertiary/aromatic N) is 4. The Hall–Kier alpha value is -2.17. The van der Waals surface area contributed by atoms with Gasteiger partial charge in [-0.1, -0.05) is 5.16 Å². The maximum atomic E-state index is 8.99. The number of pyridine rings is 1. The number of hydrogen-bond acceptors (Lipinski definition) is 4. The number of oxime groups is 1. The molecule has 0 atom stereocenters. The Morgan fingerprint density at radius 1 is 1.40 bits per heavy atom. The highest BCUT2D eigenvalue weighted by molar-refractivity contribution is 6.11. The van der Waals surface area contributed by atoms with Gasteiger partial charge in [0.15, 0.2) is 0 Å². The molecule has 0 aliphatic rings. The Kier molecular flexibility index (Phi) is 2.45. The van der Waals surface area contributed by atoms with Crippen LogP contribution in [0.25, 0.3) is 0 Å². The Morgan fingerprint density at radius 3 is 2.80 bits per heavy atom. The van der Waals surface area contributed by atoms with Gasteiger partial charge in [-0.3, -0.25) is 4.98 Å². The van der Waals surface area contributed by atoms with Crippen LogP contribution in [-0.2, 0) is 7.05 Å². The third-order valence-electron chi connectivity index (χ3n) is 2.09. The van der Waals surface area contributed by atoms with Crippen molar-refractivity contribution in [2.75, 3.05) is 0 Å². The first-order valence-electron chi connectivity index (χ1n) is 4.42. The van der Waals surface area contributed by atoms with E-state index < -0.39 is 0 Å². The monoisotopic (exact) mass is 202 g/mol. The molecule has 5 nitrogen and oxygen atoms in total. The Morgan fingerprint density at radius 2 is 2.27 bits per heavy atom. The van der Waals surface area contributed by atoms with Gasteiger partial charge in [-0.2, -0.15) is 0 Å².